The first-order valence-corrected chi connectivity index (χ1v) is 9.76. The van der Waals surface area contributed by atoms with Crippen LogP contribution in [0.5, 0.6) is 0 Å². The van der Waals surface area contributed by atoms with Crippen molar-refractivity contribution in [2.24, 2.45) is 0 Å². The van der Waals surface area contributed by atoms with Crippen LogP contribution < -0.4 is 5.32 Å². The van der Waals surface area contributed by atoms with Gasteiger partial charge in [0.15, 0.2) is 9.84 Å². The third kappa shape index (κ3) is 3.79. The highest BCUT2D eigenvalue weighted by atomic mass is 32.2. The van der Waals surface area contributed by atoms with E-state index in [0.29, 0.717) is 23.5 Å². The SMILES string of the molecule is Cc1ccc(C(=O)C(=O)Nc2cc(C)nn2C2CCS(=O)(=O)C2)cc1. The minimum absolute atomic E-state index is 0.0110. The van der Waals surface area contributed by atoms with Gasteiger partial charge in [0.25, 0.3) is 11.7 Å². The Morgan fingerprint density at radius 2 is 1.88 bits per heavy atom. The second kappa shape index (κ2) is 6.44. The Morgan fingerprint density at radius 1 is 1.20 bits per heavy atom. The third-order valence-electron chi connectivity index (χ3n) is 4.17. The van der Waals surface area contributed by atoms with Crippen molar-refractivity contribution in [1.29, 1.82) is 0 Å². The van der Waals surface area contributed by atoms with E-state index in [1.165, 1.54) is 4.68 Å². The van der Waals surface area contributed by atoms with E-state index in [4.69, 9.17) is 0 Å². The number of nitrogens with one attached hydrogen (secondary N) is 1. The van der Waals surface area contributed by atoms with Gasteiger partial charge in [-0.25, -0.2) is 13.1 Å². The zero-order chi connectivity index (χ0) is 18.2. The van der Waals surface area contributed by atoms with Crippen molar-refractivity contribution in [2.75, 3.05) is 16.8 Å². The van der Waals surface area contributed by atoms with Gasteiger partial charge in [-0.2, -0.15) is 5.10 Å². The molecule has 7 nitrogen and oxygen atoms in total. The summed E-state index contributed by atoms with van der Waals surface area (Å²) in [5.41, 5.74) is 1.94. The van der Waals surface area contributed by atoms with Crippen molar-refractivity contribution < 1.29 is 18.0 Å². The fourth-order valence-corrected chi connectivity index (χ4v) is 4.56. The maximum absolute atomic E-state index is 12.3. The van der Waals surface area contributed by atoms with Crippen LogP contribution in [0.1, 0.15) is 34.1 Å². The Labute approximate surface area is 146 Å². The molecule has 1 unspecified atom stereocenters. The van der Waals surface area contributed by atoms with Crippen LogP contribution in [-0.4, -0.2) is 41.4 Å². The molecule has 8 heteroatoms. The quantitative estimate of drug-likeness (QED) is 0.660. The summed E-state index contributed by atoms with van der Waals surface area (Å²) in [5.74, 6) is -0.991. The van der Waals surface area contributed by atoms with Crippen LogP contribution in [-0.2, 0) is 14.6 Å². The summed E-state index contributed by atoms with van der Waals surface area (Å²) in [6.45, 7) is 3.64. The third-order valence-corrected chi connectivity index (χ3v) is 5.92. The summed E-state index contributed by atoms with van der Waals surface area (Å²) in [5, 5.41) is 6.85. The number of carbonyl (C=O) groups excluding carboxylic acids is 2. The zero-order valence-electron chi connectivity index (χ0n) is 14.0. The van der Waals surface area contributed by atoms with E-state index in [-0.39, 0.29) is 17.5 Å². The lowest BCUT2D eigenvalue weighted by molar-refractivity contribution is -0.112. The summed E-state index contributed by atoms with van der Waals surface area (Å²) in [4.78, 5) is 24.5. The van der Waals surface area contributed by atoms with Crippen molar-refractivity contribution >= 4 is 27.3 Å². The van der Waals surface area contributed by atoms with Gasteiger partial charge >= 0.3 is 0 Å². The Hall–Kier alpha value is -2.48. The van der Waals surface area contributed by atoms with Gasteiger partial charge in [0, 0.05) is 11.6 Å². The number of carbonyl (C=O) groups is 2. The first kappa shape index (κ1) is 17.3. The zero-order valence-corrected chi connectivity index (χ0v) is 14.8. The second-order valence-corrected chi connectivity index (χ2v) is 8.55. The molecule has 2 heterocycles. The molecule has 25 heavy (non-hydrogen) atoms. The molecule has 1 amide bonds. The molecule has 3 rings (SSSR count). The number of nitrogens with zero attached hydrogens (tertiary/aromatic N) is 2. The van der Waals surface area contributed by atoms with E-state index >= 15 is 0 Å². The predicted octanol–water partition coefficient (Wildman–Crippen LogP) is 1.68. The molecule has 1 N–H and O–H groups in total. The summed E-state index contributed by atoms with van der Waals surface area (Å²) in [7, 11) is -3.08. The molecule has 1 aliphatic rings. The molecule has 0 saturated carbocycles. The van der Waals surface area contributed by atoms with E-state index in [1.54, 1.807) is 37.3 Å². The van der Waals surface area contributed by atoms with E-state index in [0.717, 1.165) is 5.56 Å². The summed E-state index contributed by atoms with van der Waals surface area (Å²) < 4.78 is 24.9. The lowest BCUT2D eigenvalue weighted by Gasteiger charge is -2.13. The minimum Gasteiger partial charge on any atom is -0.304 e. The normalized spacial score (nSPS) is 18.9. The monoisotopic (exact) mass is 361 g/mol. The molecule has 0 aliphatic carbocycles. The van der Waals surface area contributed by atoms with Crippen LogP contribution in [0.25, 0.3) is 0 Å². The van der Waals surface area contributed by atoms with Gasteiger partial charge in [0.05, 0.1) is 23.2 Å². The fourth-order valence-electron chi connectivity index (χ4n) is 2.87. The average Bonchev–Trinajstić information content (AvgIpc) is 3.09. The summed E-state index contributed by atoms with van der Waals surface area (Å²) in [6, 6.07) is 8.03. The van der Waals surface area contributed by atoms with Gasteiger partial charge in [0.1, 0.15) is 5.82 Å². The van der Waals surface area contributed by atoms with Crippen molar-refractivity contribution in [2.45, 2.75) is 26.3 Å². The van der Waals surface area contributed by atoms with Crippen LogP contribution in [0.2, 0.25) is 0 Å². The lowest BCUT2D eigenvalue weighted by Crippen LogP contribution is -2.25. The minimum atomic E-state index is -3.08. The first-order valence-electron chi connectivity index (χ1n) is 7.94. The number of sulfone groups is 1. The van der Waals surface area contributed by atoms with Crippen molar-refractivity contribution in [3.63, 3.8) is 0 Å². The van der Waals surface area contributed by atoms with Gasteiger partial charge in [-0.05, 0) is 20.3 Å². The summed E-state index contributed by atoms with van der Waals surface area (Å²) >= 11 is 0. The van der Waals surface area contributed by atoms with Crippen molar-refractivity contribution in [3.05, 3.63) is 47.2 Å². The molecule has 0 spiro atoms. The number of amides is 1. The number of rotatable bonds is 4. The Balaban J connectivity index is 1.80. The number of anilines is 1. The van der Waals surface area contributed by atoms with Crippen LogP contribution in [0, 0.1) is 13.8 Å². The average molecular weight is 361 g/mol. The number of ketones is 1. The molecule has 132 valence electrons. The van der Waals surface area contributed by atoms with E-state index < -0.39 is 21.5 Å². The molecular formula is C17H19N3O4S. The molecular weight excluding hydrogens is 342 g/mol. The number of hydrogen-bond donors (Lipinski definition) is 1. The van der Waals surface area contributed by atoms with Gasteiger partial charge in [-0.1, -0.05) is 29.8 Å². The Kier molecular flexibility index (Phi) is 4.47. The number of benzene rings is 1. The number of hydrogen-bond acceptors (Lipinski definition) is 5. The standard InChI is InChI=1S/C17H19N3O4S/c1-11-3-5-13(6-4-11)16(21)17(22)18-15-9-12(2)19-20(15)14-7-8-25(23,24)10-14/h3-6,9,14H,7-8,10H2,1-2H3,(H,18,22). The van der Waals surface area contributed by atoms with Crippen molar-refractivity contribution in [3.8, 4) is 0 Å². The summed E-state index contributed by atoms with van der Waals surface area (Å²) in [6.07, 6.45) is 0.443. The molecule has 1 saturated heterocycles. The van der Waals surface area contributed by atoms with Crippen molar-refractivity contribution in [1.82, 2.24) is 9.78 Å². The molecule has 1 fully saturated rings. The van der Waals surface area contributed by atoms with Crippen LogP contribution in [0.4, 0.5) is 5.82 Å². The van der Waals surface area contributed by atoms with Crippen LogP contribution >= 0.6 is 0 Å². The molecule has 0 bridgehead atoms. The molecule has 1 aromatic carbocycles. The Bertz CT molecular complexity index is 929. The van der Waals surface area contributed by atoms with Crippen LogP contribution in [0.3, 0.4) is 0 Å². The van der Waals surface area contributed by atoms with Gasteiger partial charge in [-0.3, -0.25) is 9.59 Å². The van der Waals surface area contributed by atoms with E-state index in [1.807, 2.05) is 6.92 Å². The molecule has 1 aromatic heterocycles. The van der Waals surface area contributed by atoms with Gasteiger partial charge < -0.3 is 5.32 Å². The van der Waals surface area contributed by atoms with Gasteiger partial charge in [0.2, 0.25) is 0 Å². The van der Waals surface area contributed by atoms with Gasteiger partial charge in [-0.15, -0.1) is 0 Å². The van der Waals surface area contributed by atoms with Crippen LogP contribution in [0.15, 0.2) is 30.3 Å². The molecule has 1 atom stereocenters. The largest absolute Gasteiger partial charge is 0.304 e. The highest BCUT2D eigenvalue weighted by Crippen LogP contribution is 2.27. The molecule has 1 aliphatic heterocycles. The smallest absolute Gasteiger partial charge is 0.297 e. The number of Topliss-reactive ketones (excluding diaryl/α,β-unsaturated/α-hetero) is 1. The fraction of sp³-hybridized carbons (Fsp3) is 0.353. The molecule has 2 aromatic rings. The van der Waals surface area contributed by atoms with E-state index in [9.17, 15) is 18.0 Å². The highest BCUT2D eigenvalue weighted by molar-refractivity contribution is 7.91. The highest BCUT2D eigenvalue weighted by Gasteiger charge is 2.31. The Morgan fingerprint density at radius 3 is 2.48 bits per heavy atom. The number of aryl methyl sites for hydroxylation is 2. The topological polar surface area (TPSA) is 98.1 Å². The maximum atomic E-state index is 12.3. The lowest BCUT2D eigenvalue weighted by atomic mass is 10.1. The second-order valence-electron chi connectivity index (χ2n) is 6.32. The molecule has 0 radical (unpaired) electrons. The van der Waals surface area contributed by atoms with E-state index in [2.05, 4.69) is 10.4 Å². The predicted molar refractivity (Wildman–Crippen MR) is 93.4 cm³/mol. The first-order chi connectivity index (χ1) is 11.7. The number of aromatic nitrogens is 2. The maximum Gasteiger partial charge on any atom is 0.297 e.